The Morgan fingerprint density at radius 1 is 1.00 bits per heavy atom. The van der Waals surface area contributed by atoms with Gasteiger partial charge in [-0.1, -0.05) is 43.2 Å². The van der Waals surface area contributed by atoms with Crippen molar-refractivity contribution in [2.75, 3.05) is 26.3 Å². The molecule has 1 aliphatic heterocycles. The third-order valence-corrected chi connectivity index (χ3v) is 7.56. The Labute approximate surface area is 190 Å². The summed E-state index contributed by atoms with van der Waals surface area (Å²) in [6, 6.07) is 14.4. The Bertz CT molecular complexity index is 1030. The van der Waals surface area contributed by atoms with Gasteiger partial charge in [-0.2, -0.15) is 0 Å². The number of hydrogen-bond acceptors (Lipinski definition) is 5. The van der Waals surface area contributed by atoms with Crippen LogP contribution >= 0.6 is 0 Å². The minimum absolute atomic E-state index is 0.0118. The largest absolute Gasteiger partial charge is 0.379 e. The van der Waals surface area contributed by atoms with Crippen molar-refractivity contribution < 1.29 is 17.9 Å². The molecule has 1 heterocycles. The number of rotatable bonds is 8. The lowest BCUT2D eigenvalue weighted by Crippen LogP contribution is -2.35. The summed E-state index contributed by atoms with van der Waals surface area (Å²) in [6.07, 6.45) is 3.82. The molecule has 2 N–H and O–H groups in total. The van der Waals surface area contributed by atoms with Crippen LogP contribution in [0, 0.1) is 0 Å². The Balaban J connectivity index is 1.36. The normalized spacial score (nSPS) is 18.0. The molecule has 172 valence electrons. The highest BCUT2D eigenvalue weighted by molar-refractivity contribution is 7.89. The Morgan fingerprint density at radius 2 is 1.72 bits per heavy atom. The van der Waals surface area contributed by atoms with Crippen molar-refractivity contribution in [2.24, 2.45) is 0 Å². The summed E-state index contributed by atoms with van der Waals surface area (Å²) in [7, 11) is -3.63. The molecule has 8 heteroatoms. The molecule has 0 spiro atoms. The average Bonchev–Trinajstić information content (AvgIpc) is 3.31. The van der Waals surface area contributed by atoms with Crippen LogP contribution in [0.15, 0.2) is 53.4 Å². The van der Waals surface area contributed by atoms with E-state index in [4.69, 9.17) is 4.74 Å². The first-order valence-corrected chi connectivity index (χ1v) is 12.8. The summed E-state index contributed by atoms with van der Waals surface area (Å²) < 4.78 is 33.5. The predicted octanol–water partition coefficient (Wildman–Crippen LogP) is 2.67. The van der Waals surface area contributed by atoms with Crippen LogP contribution in [-0.2, 0) is 27.8 Å². The topological polar surface area (TPSA) is 87.7 Å². The van der Waals surface area contributed by atoms with Crippen LogP contribution in [0.2, 0.25) is 0 Å². The zero-order valence-corrected chi connectivity index (χ0v) is 19.1. The minimum Gasteiger partial charge on any atom is -0.379 e. The van der Waals surface area contributed by atoms with Gasteiger partial charge in [-0.15, -0.1) is 0 Å². The smallest absolute Gasteiger partial charge is 0.251 e. The van der Waals surface area contributed by atoms with Gasteiger partial charge >= 0.3 is 0 Å². The van der Waals surface area contributed by atoms with Crippen LogP contribution in [0.1, 0.15) is 47.2 Å². The van der Waals surface area contributed by atoms with Crippen molar-refractivity contribution in [1.29, 1.82) is 0 Å². The van der Waals surface area contributed by atoms with Crippen molar-refractivity contribution in [1.82, 2.24) is 14.9 Å². The Kier molecular flexibility index (Phi) is 7.57. The van der Waals surface area contributed by atoms with E-state index in [0.29, 0.717) is 12.1 Å². The lowest BCUT2D eigenvalue weighted by Gasteiger charge is -2.26. The zero-order chi connectivity index (χ0) is 22.4. The van der Waals surface area contributed by atoms with Gasteiger partial charge in [-0.25, -0.2) is 13.1 Å². The second-order valence-corrected chi connectivity index (χ2v) is 10.2. The lowest BCUT2D eigenvalue weighted by atomic mass is 10.1. The molecular formula is C24H31N3O4S. The number of carbonyl (C=O) groups is 1. The molecule has 0 atom stereocenters. The van der Waals surface area contributed by atoms with Crippen molar-refractivity contribution in [2.45, 2.75) is 49.7 Å². The predicted molar refractivity (Wildman–Crippen MR) is 123 cm³/mol. The minimum atomic E-state index is -3.63. The van der Waals surface area contributed by atoms with Gasteiger partial charge in [0.1, 0.15) is 0 Å². The van der Waals surface area contributed by atoms with E-state index in [9.17, 15) is 13.2 Å². The van der Waals surface area contributed by atoms with E-state index in [1.54, 1.807) is 12.1 Å². The average molecular weight is 458 g/mol. The number of morpholine rings is 1. The third-order valence-electron chi connectivity index (χ3n) is 6.04. The molecule has 1 saturated carbocycles. The van der Waals surface area contributed by atoms with Gasteiger partial charge in [0.05, 0.1) is 18.1 Å². The fourth-order valence-corrected chi connectivity index (χ4v) is 5.63. The van der Waals surface area contributed by atoms with Crippen LogP contribution in [-0.4, -0.2) is 51.6 Å². The van der Waals surface area contributed by atoms with E-state index < -0.39 is 10.0 Å². The van der Waals surface area contributed by atoms with E-state index in [0.717, 1.165) is 64.1 Å². The van der Waals surface area contributed by atoms with E-state index in [1.165, 1.54) is 17.7 Å². The first-order chi connectivity index (χ1) is 15.5. The highest BCUT2D eigenvalue weighted by atomic mass is 32.2. The van der Waals surface area contributed by atoms with Gasteiger partial charge < -0.3 is 10.1 Å². The molecule has 2 aromatic carbocycles. The van der Waals surface area contributed by atoms with E-state index in [1.807, 2.05) is 12.1 Å². The van der Waals surface area contributed by atoms with Crippen LogP contribution in [0.4, 0.5) is 0 Å². The maximum Gasteiger partial charge on any atom is 0.251 e. The first kappa shape index (κ1) is 22.9. The molecule has 7 nitrogen and oxygen atoms in total. The number of nitrogens with zero attached hydrogens (tertiary/aromatic N) is 1. The molecule has 1 saturated heterocycles. The maximum absolute atomic E-state index is 12.7. The summed E-state index contributed by atoms with van der Waals surface area (Å²) in [5, 5.41) is 2.91. The molecule has 32 heavy (non-hydrogen) atoms. The molecule has 2 aliphatic rings. The molecule has 4 rings (SSSR count). The molecule has 1 amide bonds. The number of amides is 1. The van der Waals surface area contributed by atoms with Crippen LogP contribution < -0.4 is 10.0 Å². The summed E-state index contributed by atoms with van der Waals surface area (Å²) >= 11 is 0. The van der Waals surface area contributed by atoms with Crippen molar-refractivity contribution >= 4 is 15.9 Å². The number of carbonyl (C=O) groups excluding carboxylic acids is 1. The van der Waals surface area contributed by atoms with Gasteiger partial charge in [0, 0.05) is 37.8 Å². The van der Waals surface area contributed by atoms with Crippen molar-refractivity contribution in [3.8, 4) is 0 Å². The molecule has 0 unspecified atom stereocenters. The quantitative estimate of drug-likeness (QED) is 0.636. The van der Waals surface area contributed by atoms with Gasteiger partial charge in [-0.05, 0) is 42.2 Å². The molecule has 0 radical (unpaired) electrons. The summed E-state index contributed by atoms with van der Waals surface area (Å²) in [5.41, 5.74) is 2.55. The highest BCUT2D eigenvalue weighted by Crippen LogP contribution is 2.21. The number of ether oxygens (including phenoxy) is 1. The standard InChI is InChI=1S/C24H31N3O4S/c28-24(21-7-4-10-23(16-21)32(29,30)26-22-8-1-2-9-22)25-17-19-5-3-6-20(15-19)18-27-11-13-31-14-12-27/h3-7,10,15-16,22,26H,1-2,8-9,11-14,17-18H2,(H,25,28). The van der Waals surface area contributed by atoms with Gasteiger partial charge in [-0.3, -0.25) is 9.69 Å². The SMILES string of the molecule is O=C(NCc1cccc(CN2CCOCC2)c1)c1cccc(S(=O)(=O)NC2CCCC2)c1. The maximum atomic E-state index is 12.7. The summed E-state index contributed by atoms with van der Waals surface area (Å²) in [4.78, 5) is 15.2. The molecular weight excluding hydrogens is 426 g/mol. The number of benzene rings is 2. The molecule has 0 bridgehead atoms. The van der Waals surface area contributed by atoms with E-state index in [-0.39, 0.29) is 16.8 Å². The third kappa shape index (κ3) is 6.16. The summed E-state index contributed by atoms with van der Waals surface area (Å²) in [6.45, 7) is 4.62. The fraction of sp³-hybridized carbons (Fsp3) is 0.458. The Morgan fingerprint density at radius 3 is 2.50 bits per heavy atom. The fourth-order valence-electron chi connectivity index (χ4n) is 4.28. The van der Waals surface area contributed by atoms with Crippen molar-refractivity contribution in [3.63, 3.8) is 0 Å². The second kappa shape index (κ2) is 10.6. The van der Waals surface area contributed by atoms with Crippen LogP contribution in [0.3, 0.4) is 0 Å². The van der Waals surface area contributed by atoms with E-state index in [2.05, 4.69) is 27.1 Å². The zero-order valence-electron chi connectivity index (χ0n) is 18.3. The summed E-state index contributed by atoms with van der Waals surface area (Å²) in [5.74, 6) is -0.290. The van der Waals surface area contributed by atoms with Crippen LogP contribution in [0.25, 0.3) is 0 Å². The number of sulfonamides is 1. The molecule has 0 aromatic heterocycles. The second-order valence-electron chi connectivity index (χ2n) is 8.52. The van der Waals surface area contributed by atoms with Gasteiger partial charge in [0.2, 0.25) is 10.0 Å². The number of hydrogen-bond donors (Lipinski definition) is 2. The van der Waals surface area contributed by atoms with Gasteiger partial charge in [0.15, 0.2) is 0 Å². The molecule has 2 fully saturated rings. The molecule has 2 aromatic rings. The monoisotopic (exact) mass is 457 g/mol. The van der Waals surface area contributed by atoms with Gasteiger partial charge in [0.25, 0.3) is 5.91 Å². The first-order valence-electron chi connectivity index (χ1n) is 11.3. The Hall–Kier alpha value is -2.26. The van der Waals surface area contributed by atoms with Crippen molar-refractivity contribution in [3.05, 3.63) is 65.2 Å². The number of nitrogens with one attached hydrogen (secondary N) is 2. The van der Waals surface area contributed by atoms with Crippen LogP contribution in [0.5, 0.6) is 0 Å². The lowest BCUT2D eigenvalue weighted by molar-refractivity contribution is 0.0342. The van der Waals surface area contributed by atoms with E-state index >= 15 is 0 Å². The molecule has 1 aliphatic carbocycles. The highest BCUT2D eigenvalue weighted by Gasteiger charge is 2.23.